The van der Waals surface area contributed by atoms with E-state index in [-0.39, 0.29) is 29.7 Å². The smallest absolute Gasteiger partial charge is 0.274 e. The molecule has 8 nitrogen and oxygen atoms in total. The minimum atomic E-state index is -0.356. The van der Waals surface area contributed by atoms with Gasteiger partial charge >= 0.3 is 0 Å². The van der Waals surface area contributed by atoms with Crippen LogP contribution in [0, 0.1) is 6.92 Å². The molecule has 0 bridgehead atoms. The number of aryl methyl sites for hydroxylation is 1. The van der Waals surface area contributed by atoms with Gasteiger partial charge in [-0.1, -0.05) is 12.1 Å². The highest BCUT2D eigenvalue weighted by molar-refractivity contribution is 5.92. The van der Waals surface area contributed by atoms with Crippen LogP contribution in [0.4, 0.5) is 0 Å². The average Bonchev–Trinajstić information content (AvgIpc) is 2.66. The van der Waals surface area contributed by atoms with Crippen LogP contribution in [0.1, 0.15) is 16.1 Å². The molecule has 2 aromatic rings. The number of benzene rings is 1. The molecule has 1 fully saturated rings. The number of nitrogens with one attached hydrogen (secondary N) is 1. The van der Waals surface area contributed by atoms with Gasteiger partial charge in [-0.05, 0) is 30.7 Å². The first kappa shape index (κ1) is 17.7. The lowest BCUT2D eigenvalue weighted by Crippen LogP contribution is -2.51. The molecule has 1 aromatic heterocycles. The molecule has 1 aliphatic heterocycles. The topological polar surface area (TPSA) is 95.6 Å². The Hall–Kier alpha value is -3.16. The van der Waals surface area contributed by atoms with E-state index in [0.717, 1.165) is 5.56 Å². The van der Waals surface area contributed by atoms with Gasteiger partial charge in [0.1, 0.15) is 11.4 Å². The van der Waals surface area contributed by atoms with Crippen LogP contribution >= 0.6 is 0 Å². The van der Waals surface area contributed by atoms with Crippen LogP contribution < -0.4 is 10.3 Å². The number of carbonyl (C=O) groups excluding carboxylic acids is 2. The number of nitrogens with zero attached hydrogens (tertiary/aromatic N) is 3. The Kier molecular flexibility index (Phi) is 5.31. The van der Waals surface area contributed by atoms with E-state index in [0.29, 0.717) is 31.9 Å². The van der Waals surface area contributed by atoms with Crippen molar-refractivity contribution in [2.24, 2.45) is 0 Å². The SMILES string of the molecule is Cc1cccc(OCC(=O)N2CCN(C(=O)c3ccc(=O)[nH]n3)CC2)c1. The molecule has 1 saturated heterocycles. The van der Waals surface area contributed by atoms with Gasteiger partial charge in [-0.2, -0.15) is 5.10 Å². The van der Waals surface area contributed by atoms with Gasteiger partial charge in [0, 0.05) is 32.2 Å². The van der Waals surface area contributed by atoms with Crippen molar-refractivity contribution in [1.29, 1.82) is 0 Å². The summed E-state index contributed by atoms with van der Waals surface area (Å²) in [6, 6.07) is 10.2. The molecule has 1 aromatic carbocycles. The zero-order valence-electron chi connectivity index (χ0n) is 14.5. The Morgan fingerprint density at radius 2 is 1.85 bits per heavy atom. The lowest BCUT2D eigenvalue weighted by atomic mass is 10.2. The fourth-order valence-corrected chi connectivity index (χ4v) is 2.73. The number of amides is 2. The van der Waals surface area contributed by atoms with Crippen LogP contribution in [0.15, 0.2) is 41.2 Å². The lowest BCUT2D eigenvalue weighted by Gasteiger charge is -2.34. The van der Waals surface area contributed by atoms with Crippen LogP contribution in [0.3, 0.4) is 0 Å². The minimum Gasteiger partial charge on any atom is -0.484 e. The molecular formula is C18H20N4O4. The highest BCUT2D eigenvalue weighted by atomic mass is 16.5. The second-order valence-corrected chi connectivity index (χ2v) is 6.08. The standard InChI is InChI=1S/C18H20N4O4/c1-13-3-2-4-14(11-13)26-12-17(24)21-7-9-22(10-8-21)18(25)15-5-6-16(23)20-19-15/h2-6,11H,7-10,12H2,1H3,(H,20,23). The molecular weight excluding hydrogens is 336 g/mol. The van der Waals surface area contributed by atoms with Gasteiger partial charge in [-0.15, -0.1) is 0 Å². The normalized spacial score (nSPS) is 14.2. The van der Waals surface area contributed by atoms with E-state index < -0.39 is 0 Å². The fraction of sp³-hybridized carbons (Fsp3) is 0.333. The predicted molar refractivity (Wildman–Crippen MR) is 94.0 cm³/mol. The molecule has 8 heteroatoms. The summed E-state index contributed by atoms with van der Waals surface area (Å²) in [5.74, 6) is 0.293. The number of H-pyrrole nitrogens is 1. The quantitative estimate of drug-likeness (QED) is 0.858. The molecule has 1 N–H and O–H groups in total. The maximum atomic E-state index is 12.3. The first-order valence-electron chi connectivity index (χ1n) is 8.35. The van der Waals surface area contributed by atoms with Crippen molar-refractivity contribution in [3.05, 3.63) is 58.0 Å². The molecule has 0 unspecified atom stereocenters. The van der Waals surface area contributed by atoms with E-state index in [9.17, 15) is 14.4 Å². The van der Waals surface area contributed by atoms with E-state index in [1.807, 2.05) is 31.2 Å². The number of rotatable bonds is 4. The minimum absolute atomic E-state index is 0.0289. The van der Waals surface area contributed by atoms with Crippen LogP contribution in [0.2, 0.25) is 0 Å². The zero-order chi connectivity index (χ0) is 18.5. The number of aromatic amines is 1. The summed E-state index contributed by atoms with van der Waals surface area (Å²) in [6.45, 7) is 3.63. The van der Waals surface area contributed by atoms with E-state index in [1.54, 1.807) is 9.80 Å². The summed E-state index contributed by atoms with van der Waals surface area (Å²) in [5, 5.41) is 6.00. The molecule has 0 atom stereocenters. The lowest BCUT2D eigenvalue weighted by molar-refractivity contribution is -0.134. The van der Waals surface area contributed by atoms with Crippen molar-refractivity contribution in [2.75, 3.05) is 32.8 Å². The Balaban J connectivity index is 1.49. The third-order valence-electron chi connectivity index (χ3n) is 4.17. The molecule has 3 rings (SSSR count). The maximum Gasteiger partial charge on any atom is 0.274 e. The van der Waals surface area contributed by atoms with Crippen molar-refractivity contribution in [3.8, 4) is 5.75 Å². The second-order valence-electron chi connectivity index (χ2n) is 6.08. The highest BCUT2D eigenvalue weighted by Gasteiger charge is 2.25. The first-order chi connectivity index (χ1) is 12.5. The molecule has 2 amide bonds. The molecule has 2 heterocycles. The fourth-order valence-electron chi connectivity index (χ4n) is 2.73. The van der Waals surface area contributed by atoms with Crippen LogP contribution in [-0.4, -0.2) is 64.6 Å². The predicted octanol–water partition coefficient (Wildman–Crippen LogP) is 0.442. The third kappa shape index (κ3) is 4.27. The Morgan fingerprint density at radius 3 is 2.50 bits per heavy atom. The summed E-state index contributed by atoms with van der Waals surface area (Å²) >= 11 is 0. The van der Waals surface area contributed by atoms with Crippen LogP contribution in [0.25, 0.3) is 0 Å². The Morgan fingerprint density at radius 1 is 1.12 bits per heavy atom. The molecule has 0 saturated carbocycles. The summed E-state index contributed by atoms with van der Waals surface area (Å²) in [7, 11) is 0. The van der Waals surface area contributed by atoms with Gasteiger partial charge in [-0.3, -0.25) is 14.4 Å². The van der Waals surface area contributed by atoms with Gasteiger partial charge in [-0.25, -0.2) is 5.10 Å². The van der Waals surface area contributed by atoms with Crippen LogP contribution in [-0.2, 0) is 4.79 Å². The number of hydrogen-bond donors (Lipinski definition) is 1. The molecule has 0 spiro atoms. The molecule has 136 valence electrons. The molecule has 1 aliphatic rings. The monoisotopic (exact) mass is 356 g/mol. The summed E-state index contributed by atoms with van der Waals surface area (Å²) in [4.78, 5) is 38.9. The number of piperazine rings is 1. The van der Waals surface area contributed by atoms with E-state index in [4.69, 9.17) is 4.74 Å². The zero-order valence-corrected chi connectivity index (χ0v) is 14.5. The van der Waals surface area contributed by atoms with Gasteiger partial charge in [0.05, 0.1) is 0 Å². The van der Waals surface area contributed by atoms with Crippen molar-refractivity contribution in [2.45, 2.75) is 6.92 Å². The third-order valence-corrected chi connectivity index (χ3v) is 4.17. The Bertz CT molecular complexity index is 836. The highest BCUT2D eigenvalue weighted by Crippen LogP contribution is 2.13. The molecule has 0 radical (unpaired) electrons. The average molecular weight is 356 g/mol. The van der Waals surface area contributed by atoms with E-state index in [2.05, 4.69) is 10.2 Å². The Labute approximate surface area is 150 Å². The van der Waals surface area contributed by atoms with Gasteiger partial charge in [0.25, 0.3) is 17.4 Å². The molecule has 0 aliphatic carbocycles. The number of aromatic nitrogens is 2. The van der Waals surface area contributed by atoms with E-state index in [1.165, 1.54) is 12.1 Å². The van der Waals surface area contributed by atoms with Gasteiger partial charge < -0.3 is 14.5 Å². The number of ether oxygens (including phenoxy) is 1. The largest absolute Gasteiger partial charge is 0.484 e. The summed E-state index contributed by atoms with van der Waals surface area (Å²) in [6.07, 6.45) is 0. The summed E-state index contributed by atoms with van der Waals surface area (Å²) in [5.41, 5.74) is 0.899. The van der Waals surface area contributed by atoms with Crippen molar-refractivity contribution in [1.82, 2.24) is 20.0 Å². The van der Waals surface area contributed by atoms with E-state index >= 15 is 0 Å². The summed E-state index contributed by atoms with van der Waals surface area (Å²) < 4.78 is 5.54. The van der Waals surface area contributed by atoms with Crippen molar-refractivity contribution in [3.63, 3.8) is 0 Å². The first-order valence-corrected chi connectivity index (χ1v) is 8.35. The van der Waals surface area contributed by atoms with Crippen LogP contribution in [0.5, 0.6) is 5.75 Å². The maximum absolute atomic E-state index is 12.3. The molecule has 26 heavy (non-hydrogen) atoms. The van der Waals surface area contributed by atoms with Gasteiger partial charge in [0.2, 0.25) is 0 Å². The van der Waals surface area contributed by atoms with Crippen molar-refractivity contribution >= 4 is 11.8 Å². The van der Waals surface area contributed by atoms with Crippen molar-refractivity contribution < 1.29 is 14.3 Å². The number of hydrogen-bond acceptors (Lipinski definition) is 5. The van der Waals surface area contributed by atoms with Gasteiger partial charge in [0.15, 0.2) is 6.61 Å². The second kappa shape index (κ2) is 7.81. The number of carbonyl (C=O) groups is 2.